The number of rotatable bonds is 5. The Morgan fingerprint density at radius 2 is 1.61 bits per heavy atom. The first-order valence-electron chi connectivity index (χ1n) is 7.87. The second kappa shape index (κ2) is 7.51. The third kappa shape index (κ3) is 6.01. The van der Waals surface area contributed by atoms with E-state index < -0.39 is 31.8 Å². The summed E-state index contributed by atoms with van der Waals surface area (Å²) < 4.78 is 10.2. The van der Waals surface area contributed by atoms with Gasteiger partial charge in [0, 0.05) is 5.54 Å². The Morgan fingerprint density at radius 1 is 1.13 bits per heavy atom. The minimum absolute atomic E-state index is 0.0216. The molecule has 0 aliphatic heterocycles. The summed E-state index contributed by atoms with van der Waals surface area (Å²) in [6.45, 7) is 20.0. The molecule has 0 fully saturated rings. The summed E-state index contributed by atoms with van der Waals surface area (Å²) in [7, 11) is -0.674. The van der Waals surface area contributed by atoms with Gasteiger partial charge in [-0.15, -0.1) is 6.58 Å². The zero-order valence-electron chi connectivity index (χ0n) is 16.1. The first-order valence-corrected chi connectivity index (χ1v) is 10.9. The van der Waals surface area contributed by atoms with Gasteiger partial charge in [0.05, 0.1) is 15.2 Å². The molecule has 6 heteroatoms. The summed E-state index contributed by atoms with van der Waals surface area (Å²) in [5, 5.41) is 2.70. The number of carbonyl (C=O) groups is 2. The molecule has 0 aromatic carbocycles. The standard InChI is InChI=1S/C17H33NO4Si/c1-11-12(23(9,10)17(5,6)7)13(14(19)21-8)18-15(20)22-16(2,3)4/h11-13H,1H2,2-10H3,(H,18,20)/t12-,13+/m0/s1. The van der Waals surface area contributed by atoms with Crippen molar-refractivity contribution in [1.82, 2.24) is 5.32 Å². The number of hydrogen-bond acceptors (Lipinski definition) is 4. The summed E-state index contributed by atoms with van der Waals surface area (Å²) in [5.41, 5.74) is -0.812. The highest BCUT2D eigenvalue weighted by atomic mass is 28.3. The van der Waals surface area contributed by atoms with E-state index in [2.05, 4.69) is 45.8 Å². The van der Waals surface area contributed by atoms with Crippen LogP contribution in [0.25, 0.3) is 0 Å². The Bertz CT molecular complexity index is 446. The molecule has 0 aromatic heterocycles. The van der Waals surface area contributed by atoms with Crippen LogP contribution in [-0.2, 0) is 14.3 Å². The molecular formula is C17H33NO4Si. The average molecular weight is 344 g/mol. The number of esters is 1. The van der Waals surface area contributed by atoms with Gasteiger partial charge >= 0.3 is 12.1 Å². The third-order valence-electron chi connectivity index (χ3n) is 4.51. The van der Waals surface area contributed by atoms with Gasteiger partial charge < -0.3 is 14.8 Å². The molecule has 1 N–H and O–H groups in total. The second-order valence-corrected chi connectivity index (χ2v) is 14.0. The molecule has 0 aliphatic carbocycles. The summed E-state index contributed by atoms with van der Waals surface area (Å²) in [6, 6.07) is -0.798. The molecule has 0 aromatic rings. The van der Waals surface area contributed by atoms with Crippen LogP contribution in [0.1, 0.15) is 41.5 Å². The lowest BCUT2D eigenvalue weighted by Crippen LogP contribution is -2.55. The van der Waals surface area contributed by atoms with E-state index in [0.29, 0.717) is 0 Å². The molecule has 5 nitrogen and oxygen atoms in total. The van der Waals surface area contributed by atoms with Gasteiger partial charge in [-0.3, -0.25) is 0 Å². The zero-order chi connectivity index (χ0) is 18.6. The van der Waals surface area contributed by atoms with Crippen LogP contribution in [-0.4, -0.2) is 38.9 Å². The first kappa shape index (κ1) is 21.7. The molecule has 0 rings (SSSR count). The normalized spacial score (nSPS) is 15.3. The van der Waals surface area contributed by atoms with Crippen LogP contribution in [0, 0.1) is 0 Å². The maximum Gasteiger partial charge on any atom is 0.408 e. The zero-order valence-corrected chi connectivity index (χ0v) is 17.1. The van der Waals surface area contributed by atoms with E-state index in [4.69, 9.17) is 9.47 Å². The predicted octanol–water partition coefficient (Wildman–Crippen LogP) is 4.12. The van der Waals surface area contributed by atoms with E-state index in [1.807, 2.05) is 0 Å². The highest BCUT2D eigenvalue weighted by Gasteiger charge is 2.47. The Kier molecular flexibility index (Phi) is 7.09. The van der Waals surface area contributed by atoms with Crippen LogP contribution in [0.3, 0.4) is 0 Å². The fraction of sp³-hybridized carbons (Fsp3) is 0.765. The van der Waals surface area contributed by atoms with Gasteiger partial charge in [-0.1, -0.05) is 39.9 Å². The van der Waals surface area contributed by atoms with E-state index in [1.54, 1.807) is 26.8 Å². The maximum atomic E-state index is 12.3. The molecule has 0 radical (unpaired) electrons. The van der Waals surface area contributed by atoms with Gasteiger partial charge in [0.2, 0.25) is 0 Å². The van der Waals surface area contributed by atoms with Gasteiger partial charge in [0.25, 0.3) is 0 Å². The quantitative estimate of drug-likeness (QED) is 0.463. The summed E-state index contributed by atoms with van der Waals surface area (Å²) in [5.74, 6) is -0.481. The van der Waals surface area contributed by atoms with Gasteiger partial charge in [0.1, 0.15) is 11.6 Å². The first-order chi connectivity index (χ1) is 10.2. The molecule has 1 amide bonds. The number of hydrogen-bond donors (Lipinski definition) is 1. The van der Waals surface area contributed by atoms with Crippen LogP contribution in [0.5, 0.6) is 0 Å². The van der Waals surface area contributed by atoms with E-state index in [9.17, 15) is 9.59 Å². The number of carbonyl (C=O) groups excluding carboxylic acids is 2. The molecule has 134 valence electrons. The number of amides is 1. The van der Waals surface area contributed by atoms with E-state index in [1.165, 1.54) is 7.11 Å². The van der Waals surface area contributed by atoms with Crippen LogP contribution >= 0.6 is 0 Å². The van der Waals surface area contributed by atoms with Gasteiger partial charge in [-0.05, 0) is 25.8 Å². The largest absolute Gasteiger partial charge is 0.467 e. The Balaban J connectivity index is 5.57. The molecule has 0 spiro atoms. The molecule has 0 saturated carbocycles. The molecule has 0 heterocycles. The fourth-order valence-corrected chi connectivity index (χ4v) is 4.85. The second-order valence-electron chi connectivity index (χ2n) is 8.38. The summed E-state index contributed by atoms with van der Waals surface area (Å²) >= 11 is 0. The van der Waals surface area contributed by atoms with Crippen molar-refractivity contribution in [3.8, 4) is 0 Å². The number of nitrogens with one attached hydrogen (secondary N) is 1. The summed E-state index contributed by atoms with van der Waals surface area (Å²) in [6.07, 6.45) is 1.13. The highest BCUT2D eigenvalue weighted by Crippen LogP contribution is 2.45. The molecule has 2 atom stereocenters. The van der Waals surface area contributed by atoms with Gasteiger partial charge in [0.15, 0.2) is 0 Å². The van der Waals surface area contributed by atoms with Crippen molar-refractivity contribution in [3.63, 3.8) is 0 Å². The number of alkyl carbamates (subject to hydrolysis) is 1. The number of ether oxygens (including phenoxy) is 2. The Hall–Kier alpha value is -1.30. The van der Waals surface area contributed by atoms with Crippen LogP contribution in [0.2, 0.25) is 23.7 Å². The lowest BCUT2D eigenvalue weighted by Gasteiger charge is -2.44. The predicted molar refractivity (Wildman–Crippen MR) is 96.3 cm³/mol. The average Bonchev–Trinajstić information content (AvgIpc) is 2.33. The third-order valence-corrected chi connectivity index (χ3v) is 10.6. The SMILES string of the molecule is C=C[C@@H]([C@@H](NC(=O)OC(C)(C)C)C(=O)OC)[Si](C)(C)C(C)(C)C. The van der Waals surface area contributed by atoms with Crippen molar-refractivity contribution in [2.45, 2.75) is 76.9 Å². The van der Waals surface area contributed by atoms with Crippen molar-refractivity contribution in [1.29, 1.82) is 0 Å². The highest BCUT2D eigenvalue weighted by molar-refractivity contribution is 6.82. The Labute approximate surface area is 141 Å². The van der Waals surface area contributed by atoms with E-state index in [-0.39, 0.29) is 10.6 Å². The Morgan fingerprint density at radius 3 is 1.91 bits per heavy atom. The fourth-order valence-electron chi connectivity index (χ4n) is 2.20. The van der Waals surface area contributed by atoms with Crippen molar-refractivity contribution in [2.75, 3.05) is 7.11 Å². The molecule has 0 unspecified atom stereocenters. The van der Waals surface area contributed by atoms with E-state index in [0.717, 1.165) is 0 Å². The van der Waals surface area contributed by atoms with E-state index >= 15 is 0 Å². The molecule has 0 bridgehead atoms. The monoisotopic (exact) mass is 343 g/mol. The smallest absolute Gasteiger partial charge is 0.408 e. The van der Waals surface area contributed by atoms with Crippen molar-refractivity contribution in [3.05, 3.63) is 12.7 Å². The van der Waals surface area contributed by atoms with Crippen molar-refractivity contribution >= 4 is 20.1 Å². The molecular weight excluding hydrogens is 310 g/mol. The minimum atomic E-state index is -1.99. The minimum Gasteiger partial charge on any atom is -0.467 e. The number of methoxy groups -OCH3 is 1. The lowest BCUT2D eigenvalue weighted by molar-refractivity contribution is -0.143. The maximum absolute atomic E-state index is 12.3. The van der Waals surface area contributed by atoms with Gasteiger partial charge in [-0.25, -0.2) is 9.59 Å². The molecule has 23 heavy (non-hydrogen) atoms. The molecule has 0 aliphatic rings. The van der Waals surface area contributed by atoms with Crippen LogP contribution in [0.4, 0.5) is 4.79 Å². The van der Waals surface area contributed by atoms with Gasteiger partial charge in [-0.2, -0.15) is 0 Å². The van der Waals surface area contributed by atoms with Crippen LogP contribution in [0.15, 0.2) is 12.7 Å². The van der Waals surface area contributed by atoms with Crippen molar-refractivity contribution < 1.29 is 19.1 Å². The topological polar surface area (TPSA) is 64.6 Å². The van der Waals surface area contributed by atoms with Crippen LogP contribution < -0.4 is 5.32 Å². The lowest BCUT2D eigenvalue weighted by atomic mass is 10.2. The summed E-state index contributed by atoms with van der Waals surface area (Å²) in [4.78, 5) is 24.4. The molecule has 0 saturated heterocycles. The van der Waals surface area contributed by atoms with Crippen molar-refractivity contribution in [2.24, 2.45) is 0 Å².